The number of ether oxygens (including phenoxy) is 1. The van der Waals surface area contributed by atoms with Gasteiger partial charge in [0.25, 0.3) is 0 Å². The zero-order chi connectivity index (χ0) is 10.5. The van der Waals surface area contributed by atoms with Crippen molar-refractivity contribution in [3.8, 4) is 0 Å². The molecule has 1 N–H and O–H groups in total. The van der Waals surface area contributed by atoms with Crippen LogP contribution in [0.4, 0.5) is 0 Å². The summed E-state index contributed by atoms with van der Waals surface area (Å²) >= 11 is 0. The molecule has 0 aliphatic heterocycles. The van der Waals surface area contributed by atoms with E-state index in [4.69, 9.17) is 4.74 Å². The van der Waals surface area contributed by atoms with Crippen molar-refractivity contribution in [1.82, 2.24) is 5.32 Å². The number of benzene rings is 2. The van der Waals surface area contributed by atoms with E-state index in [0.717, 1.165) is 6.54 Å². The number of nitrogens with one attached hydrogen (secondary N) is 1. The SMILES string of the molecule is COCNCc1cccc2ccccc12. The van der Waals surface area contributed by atoms with E-state index in [1.165, 1.54) is 16.3 Å². The minimum atomic E-state index is 0.587. The van der Waals surface area contributed by atoms with Gasteiger partial charge in [-0.3, -0.25) is 5.32 Å². The van der Waals surface area contributed by atoms with Crippen LogP contribution in [0.1, 0.15) is 5.56 Å². The molecule has 2 aromatic carbocycles. The van der Waals surface area contributed by atoms with Crippen molar-refractivity contribution in [2.75, 3.05) is 13.8 Å². The lowest BCUT2D eigenvalue weighted by Gasteiger charge is -2.07. The second kappa shape index (κ2) is 4.91. The van der Waals surface area contributed by atoms with Gasteiger partial charge in [-0.1, -0.05) is 42.5 Å². The molecular formula is C13H15NO. The molecular weight excluding hydrogens is 186 g/mol. The molecule has 0 fully saturated rings. The molecule has 0 atom stereocenters. The van der Waals surface area contributed by atoms with Crippen LogP contribution >= 0.6 is 0 Å². The standard InChI is InChI=1S/C13H15NO/c1-15-10-14-9-12-7-4-6-11-5-2-3-8-13(11)12/h2-8,14H,9-10H2,1H3. The fraction of sp³-hybridized carbons (Fsp3) is 0.231. The van der Waals surface area contributed by atoms with Crippen molar-refractivity contribution in [3.63, 3.8) is 0 Å². The highest BCUT2D eigenvalue weighted by molar-refractivity contribution is 5.85. The van der Waals surface area contributed by atoms with E-state index in [1.807, 2.05) is 0 Å². The van der Waals surface area contributed by atoms with Gasteiger partial charge in [0.1, 0.15) is 0 Å². The molecule has 0 saturated heterocycles. The van der Waals surface area contributed by atoms with Crippen LogP contribution in [0.5, 0.6) is 0 Å². The van der Waals surface area contributed by atoms with Crippen LogP contribution in [-0.4, -0.2) is 13.8 Å². The molecule has 0 radical (unpaired) electrons. The van der Waals surface area contributed by atoms with Crippen LogP contribution in [0.15, 0.2) is 42.5 Å². The summed E-state index contributed by atoms with van der Waals surface area (Å²) in [6.45, 7) is 1.43. The number of methoxy groups -OCH3 is 1. The highest BCUT2D eigenvalue weighted by atomic mass is 16.5. The van der Waals surface area contributed by atoms with Gasteiger partial charge in [0.15, 0.2) is 0 Å². The zero-order valence-electron chi connectivity index (χ0n) is 8.86. The Bertz CT molecular complexity index is 434. The molecule has 0 unspecified atom stereocenters. The fourth-order valence-electron chi connectivity index (χ4n) is 1.73. The summed E-state index contributed by atoms with van der Waals surface area (Å²) in [5, 5.41) is 5.82. The van der Waals surface area contributed by atoms with Crippen molar-refractivity contribution in [2.45, 2.75) is 6.54 Å². The molecule has 78 valence electrons. The Balaban J connectivity index is 2.26. The van der Waals surface area contributed by atoms with Gasteiger partial charge in [-0.15, -0.1) is 0 Å². The molecule has 2 heteroatoms. The molecule has 0 spiro atoms. The van der Waals surface area contributed by atoms with Gasteiger partial charge in [0, 0.05) is 13.7 Å². The van der Waals surface area contributed by atoms with Crippen LogP contribution in [0, 0.1) is 0 Å². The minimum Gasteiger partial charge on any atom is -0.370 e. The monoisotopic (exact) mass is 201 g/mol. The van der Waals surface area contributed by atoms with E-state index in [1.54, 1.807) is 7.11 Å². The van der Waals surface area contributed by atoms with E-state index < -0.39 is 0 Å². The first-order valence-corrected chi connectivity index (χ1v) is 5.08. The predicted octanol–water partition coefficient (Wildman–Crippen LogP) is 2.53. The highest BCUT2D eigenvalue weighted by Gasteiger charge is 1.98. The molecule has 2 nitrogen and oxygen atoms in total. The summed E-state index contributed by atoms with van der Waals surface area (Å²) in [7, 11) is 1.69. The second-order valence-electron chi connectivity index (χ2n) is 3.50. The first-order chi connectivity index (χ1) is 7.42. The molecule has 0 heterocycles. The molecule has 0 aromatic heterocycles. The van der Waals surface area contributed by atoms with E-state index in [9.17, 15) is 0 Å². The van der Waals surface area contributed by atoms with Gasteiger partial charge < -0.3 is 4.74 Å². The van der Waals surface area contributed by atoms with Crippen molar-refractivity contribution < 1.29 is 4.74 Å². The van der Waals surface area contributed by atoms with Gasteiger partial charge in [0.2, 0.25) is 0 Å². The highest BCUT2D eigenvalue weighted by Crippen LogP contribution is 2.17. The molecule has 15 heavy (non-hydrogen) atoms. The Morgan fingerprint density at radius 1 is 1.07 bits per heavy atom. The van der Waals surface area contributed by atoms with Crippen LogP contribution < -0.4 is 5.32 Å². The smallest absolute Gasteiger partial charge is 0.0964 e. The van der Waals surface area contributed by atoms with E-state index in [-0.39, 0.29) is 0 Å². The van der Waals surface area contributed by atoms with E-state index >= 15 is 0 Å². The predicted molar refractivity (Wildman–Crippen MR) is 62.7 cm³/mol. The van der Waals surface area contributed by atoms with Crippen molar-refractivity contribution in [2.24, 2.45) is 0 Å². The molecule has 0 saturated carbocycles. The average molecular weight is 201 g/mol. The zero-order valence-corrected chi connectivity index (χ0v) is 8.86. The van der Waals surface area contributed by atoms with Gasteiger partial charge in [0.05, 0.1) is 6.73 Å². The van der Waals surface area contributed by atoms with Crippen molar-refractivity contribution in [1.29, 1.82) is 0 Å². The average Bonchev–Trinajstić information content (AvgIpc) is 2.30. The fourth-order valence-corrected chi connectivity index (χ4v) is 1.73. The summed E-state index contributed by atoms with van der Waals surface area (Å²) in [4.78, 5) is 0. The molecule has 0 bridgehead atoms. The minimum absolute atomic E-state index is 0.587. The third kappa shape index (κ3) is 2.35. The maximum atomic E-state index is 4.96. The topological polar surface area (TPSA) is 21.3 Å². The lowest BCUT2D eigenvalue weighted by molar-refractivity contribution is 0.174. The normalized spacial score (nSPS) is 10.7. The third-order valence-electron chi connectivity index (χ3n) is 2.44. The molecule has 2 rings (SSSR count). The van der Waals surface area contributed by atoms with E-state index in [0.29, 0.717) is 6.73 Å². The largest absolute Gasteiger partial charge is 0.370 e. The first-order valence-electron chi connectivity index (χ1n) is 5.08. The Hall–Kier alpha value is -1.38. The third-order valence-corrected chi connectivity index (χ3v) is 2.44. The van der Waals surface area contributed by atoms with Gasteiger partial charge >= 0.3 is 0 Å². The quantitative estimate of drug-likeness (QED) is 0.606. The summed E-state index contributed by atoms with van der Waals surface area (Å²) in [6, 6.07) is 14.8. The Morgan fingerprint density at radius 2 is 1.87 bits per heavy atom. The first kappa shape index (κ1) is 10.1. The molecule has 0 amide bonds. The summed E-state index contributed by atoms with van der Waals surface area (Å²) in [5.41, 5.74) is 1.31. The van der Waals surface area contributed by atoms with Crippen LogP contribution in [0.3, 0.4) is 0 Å². The van der Waals surface area contributed by atoms with Gasteiger partial charge in [-0.2, -0.15) is 0 Å². The number of fused-ring (bicyclic) bond motifs is 1. The Kier molecular flexibility index (Phi) is 3.33. The maximum absolute atomic E-state index is 4.96. The molecule has 2 aromatic rings. The summed E-state index contributed by atoms with van der Waals surface area (Å²) in [6.07, 6.45) is 0. The number of rotatable bonds is 4. The van der Waals surface area contributed by atoms with Crippen molar-refractivity contribution in [3.05, 3.63) is 48.0 Å². The van der Waals surface area contributed by atoms with Crippen LogP contribution in [-0.2, 0) is 11.3 Å². The Morgan fingerprint density at radius 3 is 2.73 bits per heavy atom. The number of hydrogen-bond acceptors (Lipinski definition) is 2. The van der Waals surface area contributed by atoms with Crippen molar-refractivity contribution >= 4 is 10.8 Å². The van der Waals surface area contributed by atoms with E-state index in [2.05, 4.69) is 47.8 Å². The summed E-state index contributed by atoms with van der Waals surface area (Å²) < 4.78 is 4.96. The Labute approximate surface area is 89.9 Å². The lowest BCUT2D eigenvalue weighted by Crippen LogP contribution is -2.15. The van der Waals surface area contributed by atoms with Crippen LogP contribution in [0.25, 0.3) is 10.8 Å². The van der Waals surface area contributed by atoms with Crippen LogP contribution in [0.2, 0.25) is 0 Å². The molecule has 0 aliphatic rings. The van der Waals surface area contributed by atoms with Gasteiger partial charge in [-0.25, -0.2) is 0 Å². The summed E-state index contributed by atoms with van der Waals surface area (Å²) in [5.74, 6) is 0. The lowest BCUT2D eigenvalue weighted by atomic mass is 10.0. The maximum Gasteiger partial charge on any atom is 0.0964 e. The molecule has 0 aliphatic carbocycles. The van der Waals surface area contributed by atoms with Gasteiger partial charge in [-0.05, 0) is 16.3 Å². The second-order valence-corrected chi connectivity index (χ2v) is 3.50. The number of hydrogen-bond donors (Lipinski definition) is 1.